The van der Waals surface area contributed by atoms with Crippen LogP contribution in [0.4, 0.5) is 5.69 Å². The van der Waals surface area contributed by atoms with Crippen molar-refractivity contribution in [1.29, 1.82) is 0 Å². The summed E-state index contributed by atoms with van der Waals surface area (Å²) >= 11 is 0. The van der Waals surface area contributed by atoms with Crippen LogP contribution in [0.15, 0.2) is 30.5 Å². The largest absolute Gasteiger partial charge is 0.355 e. The van der Waals surface area contributed by atoms with E-state index in [4.69, 9.17) is 0 Å². The van der Waals surface area contributed by atoms with E-state index in [1.54, 1.807) is 38.2 Å². The average Bonchev–Trinajstić information content (AvgIpc) is 2.84. The zero-order valence-electron chi connectivity index (χ0n) is 10.7. The van der Waals surface area contributed by atoms with Crippen molar-refractivity contribution >= 4 is 17.5 Å². The molecule has 0 aliphatic carbocycles. The van der Waals surface area contributed by atoms with E-state index < -0.39 is 0 Å². The van der Waals surface area contributed by atoms with Gasteiger partial charge in [-0.15, -0.1) is 0 Å². The smallest absolute Gasteiger partial charge is 0.259 e. The van der Waals surface area contributed by atoms with E-state index in [1.807, 2.05) is 0 Å². The Bertz CT molecular complexity index is 619. The van der Waals surface area contributed by atoms with E-state index in [-0.39, 0.29) is 11.8 Å². The molecule has 19 heavy (non-hydrogen) atoms. The van der Waals surface area contributed by atoms with Crippen molar-refractivity contribution in [3.05, 3.63) is 47.3 Å². The predicted octanol–water partition coefficient (Wildman–Crippen LogP) is 1.33. The van der Waals surface area contributed by atoms with Crippen LogP contribution in [0.1, 0.15) is 26.4 Å². The summed E-state index contributed by atoms with van der Waals surface area (Å²) in [5, 5.41) is 11.8. The van der Waals surface area contributed by atoms with Crippen molar-refractivity contribution in [3.8, 4) is 0 Å². The Balaban J connectivity index is 2.18. The third kappa shape index (κ3) is 2.79. The lowest BCUT2D eigenvalue weighted by molar-refractivity contribution is 0.0961. The number of anilines is 1. The number of nitrogens with one attached hydrogen (secondary N) is 3. The van der Waals surface area contributed by atoms with Crippen molar-refractivity contribution in [3.63, 3.8) is 0 Å². The summed E-state index contributed by atoms with van der Waals surface area (Å²) in [5.41, 5.74) is 2.22. The molecule has 0 aliphatic heterocycles. The number of nitrogens with zero attached hydrogens (tertiary/aromatic N) is 1. The van der Waals surface area contributed by atoms with Gasteiger partial charge < -0.3 is 10.6 Å². The molecule has 0 aliphatic rings. The molecule has 0 fully saturated rings. The number of benzene rings is 1. The molecule has 0 bridgehead atoms. The first-order valence-electron chi connectivity index (χ1n) is 5.75. The number of amides is 2. The zero-order valence-corrected chi connectivity index (χ0v) is 10.7. The zero-order chi connectivity index (χ0) is 13.8. The predicted molar refractivity (Wildman–Crippen MR) is 71.1 cm³/mol. The maximum atomic E-state index is 12.0. The molecule has 6 heteroatoms. The van der Waals surface area contributed by atoms with Gasteiger partial charge >= 0.3 is 0 Å². The number of aromatic nitrogens is 2. The second kappa shape index (κ2) is 5.34. The van der Waals surface area contributed by atoms with Crippen molar-refractivity contribution in [1.82, 2.24) is 15.5 Å². The first-order chi connectivity index (χ1) is 9.11. The highest BCUT2D eigenvalue weighted by atomic mass is 16.2. The third-order valence-corrected chi connectivity index (χ3v) is 2.68. The molecule has 2 aromatic rings. The topological polar surface area (TPSA) is 86.9 Å². The minimum Gasteiger partial charge on any atom is -0.355 e. The first kappa shape index (κ1) is 12.8. The minimum atomic E-state index is -0.264. The molecule has 3 N–H and O–H groups in total. The van der Waals surface area contributed by atoms with E-state index in [1.165, 1.54) is 6.20 Å². The quantitative estimate of drug-likeness (QED) is 0.776. The summed E-state index contributed by atoms with van der Waals surface area (Å²) in [6.07, 6.45) is 1.47. The van der Waals surface area contributed by atoms with Crippen LogP contribution in [0.25, 0.3) is 0 Å². The number of H-pyrrole nitrogens is 1. The average molecular weight is 258 g/mol. The molecule has 1 aromatic carbocycles. The SMILES string of the molecule is CNC(=O)c1cccc(NC(=O)c2cn[nH]c2C)c1. The molecular weight excluding hydrogens is 244 g/mol. The lowest BCUT2D eigenvalue weighted by Gasteiger charge is -2.06. The summed E-state index contributed by atoms with van der Waals surface area (Å²) in [6.45, 7) is 1.77. The number of rotatable bonds is 3. The Hall–Kier alpha value is -2.63. The van der Waals surface area contributed by atoms with Gasteiger partial charge in [-0.3, -0.25) is 14.7 Å². The molecule has 0 saturated carbocycles. The van der Waals surface area contributed by atoms with Gasteiger partial charge in [0.05, 0.1) is 11.8 Å². The van der Waals surface area contributed by atoms with Crippen LogP contribution in [0, 0.1) is 6.92 Å². The molecule has 2 rings (SSSR count). The van der Waals surface area contributed by atoms with Crippen molar-refractivity contribution in [2.45, 2.75) is 6.92 Å². The molecule has 1 heterocycles. The molecule has 0 unspecified atom stereocenters. The van der Waals surface area contributed by atoms with Crippen LogP contribution >= 0.6 is 0 Å². The molecule has 1 aromatic heterocycles. The number of aromatic amines is 1. The third-order valence-electron chi connectivity index (χ3n) is 2.68. The Labute approximate surface area is 110 Å². The van der Waals surface area contributed by atoms with Crippen LogP contribution in [-0.4, -0.2) is 29.1 Å². The highest BCUT2D eigenvalue weighted by molar-refractivity contribution is 6.05. The highest BCUT2D eigenvalue weighted by Gasteiger charge is 2.11. The van der Waals surface area contributed by atoms with Crippen LogP contribution in [0.3, 0.4) is 0 Å². The van der Waals surface area contributed by atoms with E-state index in [9.17, 15) is 9.59 Å². The van der Waals surface area contributed by atoms with Gasteiger partial charge in [-0.05, 0) is 25.1 Å². The van der Waals surface area contributed by atoms with E-state index >= 15 is 0 Å². The Morgan fingerprint density at radius 3 is 2.68 bits per heavy atom. The lowest BCUT2D eigenvalue weighted by Crippen LogP contribution is -2.18. The van der Waals surface area contributed by atoms with Gasteiger partial charge in [-0.2, -0.15) is 5.10 Å². The Kier molecular flexibility index (Phi) is 3.61. The van der Waals surface area contributed by atoms with E-state index in [0.29, 0.717) is 22.5 Å². The summed E-state index contributed by atoms with van der Waals surface area (Å²) in [7, 11) is 1.56. The molecule has 0 spiro atoms. The van der Waals surface area contributed by atoms with E-state index in [0.717, 1.165) is 0 Å². The molecule has 2 amide bonds. The second-order valence-corrected chi connectivity index (χ2v) is 4.02. The Morgan fingerprint density at radius 2 is 2.05 bits per heavy atom. The maximum absolute atomic E-state index is 12.0. The Morgan fingerprint density at radius 1 is 1.26 bits per heavy atom. The fourth-order valence-electron chi connectivity index (χ4n) is 1.66. The standard InChI is InChI=1S/C13H14N4O2/c1-8-11(7-15-17-8)13(19)16-10-5-3-4-9(6-10)12(18)14-2/h3-7H,1-2H3,(H,14,18)(H,15,17)(H,16,19). The number of aryl methyl sites for hydroxylation is 1. The number of carbonyl (C=O) groups excluding carboxylic acids is 2. The molecular formula is C13H14N4O2. The summed E-state index contributed by atoms with van der Waals surface area (Å²) in [4.78, 5) is 23.5. The summed E-state index contributed by atoms with van der Waals surface area (Å²) in [6, 6.07) is 6.73. The van der Waals surface area contributed by atoms with Gasteiger partial charge in [0.25, 0.3) is 11.8 Å². The summed E-state index contributed by atoms with van der Waals surface area (Å²) < 4.78 is 0. The normalized spacial score (nSPS) is 10.0. The van der Waals surface area contributed by atoms with Crippen LogP contribution in [-0.2, 0) is 0 Å². The fraction of sp³-hybridized carbons (Fsp3) is 0.154. The highest BCUT2D eigenvalue weighted by Crippen LogP contribution is 2.13. The van der Waals surface area contributed by atoms with Crippen LogP contribution in [0.2, 0.25) is 0 Å². The molecule has 0 radical (unpaired) electrons. The number of hydrogen-bond donors (Lipinski definition) is 3. The molecule has 0 saturated heterocycles. The van der Waals surface area contributed by atoms with Gasteiger partial charge in [0.15, 0.2) is 0 Å². The van der Waals surface area contributed by atoms with Crippen LogP contribution in [0.5, 0.6) is 0 Å². The first-order valence-corrected chi connectivity index (χ1v) is 5.75. The minimum absolute atomic E-state index is 0.199. The van der Waals surface area contributed by atoms with Crippen LogP contribution < -0.4 is 10.6 Å². The summed E-state index contributed by atoms with van der Waals surface area (Å²) in [5.74, 6) is -0.462. The number of hydrogen-bond acceptors (Lipinski definition) is 3. The van der Waals surface area contributed by atoms with Crippen molar-refractivity contribution < 1.29 is 9.59 Å². The number of carbonyl (C=O) groups is 2. The van der Waals surface area contributed by atoms with Gasteiger partial charge in [0.1, 0.15) is 0 Å². The lowest BCUT2D eigenvalue weighted by atomic mass is 10.1. The van der Waals surface area contributed by atoms with E-state index in [2.05, 4.69) is 20.8 Å². The van der Waals surface area contributed by atoms with Gasteiger partial charge in [0, 0.05) is 24.0 Å². The monoisotopic (exact) mass is 258 g/mol. The van der Waals surface area contributed by atoms with Crippen molar-refractivity contribution in [2.24, 2.45) is 0 Å². The molecule has 0 atom stereocenters. The van der Waals surface area contributed by atoms with Gasteiger partial charge in [-0.1, -0.05) is 6.07 Å². The van der Waals surface area contributed by atoms with Gasteiger partial charge in [0.2, 0.25) is 0 Å². The fourth-order valence-corrected chi connectivity index (χ4v) is 1.66. The maximum Gasteiger partial charge on any atom is 0.259 e. The van der Waals surface area contributed by atoms with Crippen molar-refractivity contribution in [2.75, 3.05) is 12.4 Å². The van der Waals surface area contributed by atoms with Gasteiger partial charge in [-0.25, -0.2) is 0 Å². The molecule has 6 nitrogen and oxygen atoms in total. The second-order valence-electron chi connectivity index (χ2n) is 4.02. The molecule has 98 valence electrons.